The zero-order valence-corrected chi connectivity index (χ0v) is 11.3. The molecule has 1 atom stereocenters. The van der Waals surface area contributed by atoms with Crippen molar-refractivity contribution in [2.24, 2.45) is 5.73 Å². The molecule has 0 fully saturated rings. The van der Waals surface area contributed by atoms with Crippen LogP contribution in [-0.4, -0.2) is 12.6 Å². The van der Waals surface area contributed by atoms with Crippen LogP contribution in [0.25, 0.3) is 0 Å². The van der Waals surface area contributed by atoms with Gasteiger partial charge in [-0.05, 0) is 26.0 Å². The highest BCUT2D eigenvalue weighted by Crippen LogP contribution is 2.37. The van der Waals surface area contributed by atoms with Gasteiger partial charge in [-0.25, -0.2) is 4.79 Å². The van der Waals surface area contributed by atoms with Crippen LogP contribution >= 0.6 is 0 Å². The first kappa shape index (κ1) is 13.7. The Morgan fingerprint density at radius 2 is 2.40 bits per heavy atom. The van der Waals surface area contributed by atoms with Crippen molar-refractivity contribution in [1.29, 1.82) is 5.26 Å². The Balaban J connectivity index is 2.55. The van der Waals surface area contributed by atoms with Crippen molar-refractivity contribution in [3.63, 3.8) is 0 Å². The number of nitrogens with zero attached hydrogens (tertiary/aromatic N) is 1. The molecule has 104 valence electrons. The highest BCUT2D eigenvalue weighted by molar-refractivity contribution is 5.92. The van der Waals surface area contributed by atoms with E-state index in [4.69, 9.17) is 14.9 Å². The molecule has 0 spiro atoms. The normalized spacial score (nSPS) is 18.6. The number of nitriles is 1. The van der Waals surface area contributed by atoms with Crippen molar-refractivity contribution in [2.75, 3.05) is 6.61 Å². The van der Waals surface area contributed by atoms with Gasteiger partial charge in [0.25, 0.3) is 0 Å². The van der Waals surface area contributed by atoms with E-state index in [1.54, 1.807) is 26.0 Å². The van der Waals surface area contributed by atoms with E-state index >= 15 is 0 Å². The summed E-state index contributed by atoms with van der Waals surface area (Å²) in [5.74, 6) is -0.428. The van der Waals surface area contributed by atoms with Crippen LogP contribution < -0.4 is 11.1 Å². The molecule has 0 aromatic carbocycles. The summed E-state index contributed by atoms with van der Waals surface area (Å²) in [4.78, 5) is 12.1. The Bertz CT molecular complexity index is 621. The first-order valence-corrected chi connectivity index (χ1v) is 6.18. The van der Waals surface area contributed by atoms with Gasteiger partial charge in [-0.1, -0.05) is 0 Å². The number of dihydropyridines is 1. The van der Waals surface area contributed by atoms with Crippen molar-refractivity contribution in [3.8, 4) is 6.07 Å². The second-order valence-corrected chi connectivity index (χ2v) is 4.27. The van der Waals surface area contributed by atoms with E-state index in [1.165, 1.54) is 6.26 Å². The van der Waals surface area contributed by atoms with E-state index in [2.05, 4.69) is 5.32 Å². The number of hydrogen-bond acceptors (Lipinski definition) is 6. The maximum absolute atomic E-state index is 12.1. The summed E-state index contributed by atoms with van der Waals surface area (Å²) in [7, 11) is 0. The minimum Gasteiger partial charge on any atom is -0.468 e. The van der Waals surface area contributed by atoms with Crippen LogP contribution in [0.2, 0.25) is 0 Å². The van der Waals surface area contributed by atoms with Gasteiger partial charge in [-0.15, -0.1) is 0 Å². The molecule has 1 aromatic heterocycles. The van der Waals surface area contributed by atoms with E-state index in [0.29, 0.717) is 17.0 Å². The SMILES string of the molecule is CCOC(=O)C1=C(C)NC(N)=C(C#N)[C@@H]1c1ccco1. The lowest BCUT2D eigenvalue weighted by atomic mass is 9.85. The minimum atomic E-state index is -0.643. The fourth-order valence-corrected chi connectivity index (χ4v) is 2.20. The smallest absolute Gasteiger partial charge is 0.336 e. The summed E-state index contributed by atoms with van der Waals surface area (Å²) in [5.41, 5.74) is 6.97. The van der Waals surface area contributed by atoms with Crippen LogP contribution in [0, 0.1) is 11.3 Å². The summed E-state index contributed by atoms with van der Waals surface area (Å²) in [5, 5.41) is 12.1. The summed E-state index contributed by atoms with van der Waals surface area (Å²) < 4.78 is 10.4. The fraction of sp³-hybridized carbons (Fsp3) is 0.286. The number of allylic oxidation sites excluding steroid dienone is 2. The monoisotopic (exact) mass is 273 g/mol. The Morgan fingerprint density at radius 1 is 1.65 bits per heavy atom. The van der Waals surface area contributed by atoms with Gasteiger partial charge in [-0.3, -0.25) is 0 Å². The number of carbonyl (C=O) groups excluding carboxylic acids is 1. The number of esters is 1. The largest absolute Gasteiger partial charge is 0.468 e. The van der Waals surface area contributed by atoms with E-state index in [9.17, 15) is 10.1 Å². The van der Waals surface area contributed by atoms with Gasteiger partial charge >= 0.3 is 5.97 Å². The van der Waals surface area contributed by atoms with Crippen LogP contribution in [0.5, 0.6) is 0 Å². The molecule has 0 unspecified atom stereocenters. The number of ether oxygens (including phenoxy) is 1. The molecule has 0 aliphatic carbocycles. The first-order chi connectivity index (χ1) is 9.60. The van der Waals surface area contributed by atoms with Gasteiger partial charge in [0.2, 0.25) is 0 Å². The highest BCUT2D eigenvalue weighted by Gasteiger charge is 2.36. The van der Waals surface area contributed by atoms with E-state index in [1.807, 2.05) is 6.07 Å². The predicted molar refractivity (Wildman–Crippen MR) is 70.7 cm³/mol. The van der Waals surface area contributed by atoms with Crippen molar-refractivity contribution in [1.82, 2.24) is 5.32 Å². The Kier molecular flexibility index (Phi) is 3.80. The molecule has 2 heterocycles. The lowest BCUT2D eigenvalue weighted by molar-refractivity contribution is -0.138. The van der Waals surface area contributed by atoms with Crippen molar-refractivity contribution >= 4 is 5.97 Å². The molecule has 2 rings (SSSR count). The highest BCUT2D eigenvalue weighted by atomic mass is 16.5. The van der Waals surface area contributed by atoms with Crippen LogP contribution in [0.15, 0.2) is 45.5 Å². The van der Waals surface area contributed by atoms with E-state index in [0.717, 1.165) is 0 Å². The topological polar surface area (TPSA) is 101 Å². The third kappa shape index (κ3) is 2.26. The van der Waals surface area contributed by atoms with Gasteiger partial charge in [0.1, 0.15) is 11.6 Å². The zero-order chi connectivity index (χ0) is 14.7. The van der Waals surface area contributed by atoms with Gasteiger partial charge in [0.05, 0.1) is 36.0 Å². The molecule has 0 radical (unpaired) electrons. The molecule has 0 amide bonds. The third-order valence-electron chi connectivity index (χ3n) is 3.04. The third-order valence-corrected chi connectivity index (χ3v) is 3.04. The minimum absolute atomic E-state index is 0.222. The average molecular weight is 273 g/mol. The maximum Gasteiger partial charge on any atom is 0.336 e. The second-order valence-electron chi connectivity index (χ2n) is 4.27. The molecule has 3 N–H and O–H groups in total. The fourth-order valence-electron chi connectivity index (χ4n) is 2.20. The molecule has 6 heteroatoms. The standard InChI is InChI=1S/C14H15N3O3/c1-3-19-14(18)11-8(2)17-13(16)9(7-15)12(11)10-5-4-6-20-10/h4-6,12,17H,3,16H2,1-2H3/t12-/m1/s1. The van der Waals surface area contributed by atoms with Crippen LogP contribution in [0.4, 0.5) is 0 Å². The van der Waals surface area contributed by atoms with Crippen LogP contribution in [0.1, 0.15) is 25.5 Å². The van der Waals surface area contributed by atoms with Crippen molar-refractivity contribution < 1.29 is 13.9 Å². The summed E-state index contributed by atoms with van der Waals surface area (Å²) >= 11 is 0. The number of rotatable bonds is 3. The van der Waals surface area contributed by atoms with Crippen molar-refractivity contribution in [2.45, 2.75) is 19.8 Å². The summed E-state index contributed by atoms with van der Waals surface area (Å²) in [6, 6.07) is 5.43. The molecule has 0 bridgehead atoms. The number of nitrogens with one attached hydrogen (secondary N) is 1. The van der Waals surface area contributed by atoms with Gasteiger partial charge in [0, 0.05) is 5.70 Å². The maximum atomic E-state index is 12.1. The lowest BCUT2D eigenvalue weighted by Crippen LogP contribution is -2.32. The molecule has 1 aliphatic rings. The van der Waals surface area contributed by atoms with Gasteiger partial charge < -0.3 is 20.2 Å². The molecular weight excluding hydrogens is 258 g/mol. The van der Waals surface area contributed by atoms with Gasteiger partial charge in [0.15, 0.2) is 0 Å². The molecular formula is C14H15N3O3. The average Bonchev–Trinajstić information content (AvgIpc) is 2.91. The lowest BCUT2D eigenvalue weighted by Gasteiger charge is -2.26. The zero-order valence-electron chi connectivity index (χ0n) is 11.3. The molecule has 6 nitrogen and oxygen atoms in total. The summed E-state index contributed by atoms with van der Waals surface area (Å²) in [6.07, 6.45) is 1.49. The Labute approximate surface area is 116 Å². The molecule has 0 saturated heterocycles. The first-order valence-electron chi connectivity index (χ1n) is 6.18. The molecule has 0 saturated carbocycles. The van der Waals surface area contributed by atoms with E-state index < -0.39 is 11.9 Å². The number of hydrogen-bond donors (Lipinski definition) is 2. The molecule has 1 aliphatic heterocycles. The Hall–Kier alpha value is -2.68. The number of nitrogens with two attached hydrogens (primary N) is 1. The predicted octanol–water partition coefficient (Wildman–Crippen LogP) is 1.50. The van der Waals surface area contributed by atoms with Gasteiger partial charge in [-0.2, -0.15) is 5.26 Å². The molecule has 1 aromatic rings. The second kappa shape index (κ2) is 5.53. The Morgan fingerprint density at radius 3 is 2.95 bits per heavy atom. The quantitative estimate of drug-likeness (QED) is 0.809. The summed E-state index contributed by atoms with van der Waals surface area (Å²) in [6.45, 7) is 3.69. The van der Waals surface area contributed by atoms with E-state index in [-0.39, 0.29) is 18.0 Å². The number of furan rings is 1. The van der Waals surface area contributed by atoms with Crippen LogP contribution in [0.3, 0.4) is 0 Å². The van der Waals surface area contributed by atoms with Crippen LogP contribution in [-0.2, 0) is 9.53 Å². The molecule has 20 heavy (non-hydrogen) atoms. The van der Waals surface area contributed by atoms with Crippen molar-refractivity contribution in [3.05, 3.63) is 46.8 Å². The number of carbonyl (C=O) groups is 1.